The summed E-state index contributed by atoms with van der Waals surface area (Å²) in [5, 5.41) is 0. The van der Waals surface area contributed by atoms with Gasteiger partial charge in [0.2, 0.25) is 0 Å². The molecule has 3 nitrogen and oxygen atoms in total. The fourth-order valence-corrected chi connectivity index (χ4v) is 1.25. The predicted octanol–water partition coefficient (Wildman–Crippen LogP) is 2.37. The van der Waals surface area contributed by atoms with Gasteiger partial charge in [-0.1, -0.05) is 6.08 Å². The molecule has 0 fully saturated rings. The van der Waals surface area contributed by atoms with Gasteiger partial charge < -0.3 is 8.98 Å². The van der Waals surface area contributed by atoms with Crippen LogP contribution in [0.1, 0.15) is 11.5 Å². The van der Waals surface area contributed by atoms with E-state index in [1.54, 1.807) is 18.6 Å². The first-order chi connectivity index (χ1) is 6.88. The summed E-state index contributed by atoms with van der Waals surface area (Å²) in [5.74, 6) is 1.74. The van der Waals surface area contributed by atoms with Crippen LogP contribution in [0.4, 0.5) is 0 Å². The summed E-state index contributed by atoms with van der Waals surface area (Å²) in [4.78, 5) is 3.96. The SMILES string of the molecule is [CH2]/C=C/c1ccc(Cn2ccnc2)o1. The van der Waals surface area contributed by atoms with Crippen LogP contribution < -0.4 is 0 Å². The molecule has 0 unspecified atom stereocenters. The monoisotopic (exact) mass is 187 g/mol. The minimum absolute atomic E-state index is 0.713. The molecule has 3 heteroatoms. The summed E-state index contributed by atoms with van der Waals surface area (Å²) in [7, 11) is 0. The molecule has 2 heterocycles. The molecule has 14 heavy (non-hydrogen) atoms. The number of hydrogen-bond donors (Lipinski definition) is 0. The number of hydrogen-bond acceptors (Lipinski definition) is 2. The highest BCUT2D eigenvalue weighted by Crippen LogP contribution is 2.10. The molecule has 0 spiro atoms. The van der Waals surface area contributed by atoms with Crippen molar-refractivity contribution in [2.45, 2.75) is 6.54 Å². The standard InChI is InChI=1S/C11H11N2O/c1-2-3-10-4-5-11(14-10)8-13-7-6-12-9-13/h2-7,9H,1,8H2/b3-2+. The maximum Gasteiger partial charge on any atom is 0.126 e. The van der Waals surface area contributed by atoms with Crippen molar-refractivity contribution in [2.24, 2.45) is 0 Å². The molecule has 2 aromatic rings. The molecule has 0 aliphatic rings. The lowest BCUT2D eigenvalue weighted by Crippen LogP contribution is -1.93. The Morgan fingerprint density at radius 3 is 3.14 bits per heavy atom. The van der Waals surface area contributed by atoms with Crippen molar-refractivity contribution in [2.75, 3.05) is 0 Å². The third-order valence-electron chi connectivity index (χ3n) is 1.86. The molecule has 0 aliphatic heterocycles. The van der Waals surface area contributed by atoms with Crippen molar-refractivity contribution < 1.29 is 4.42 Å². The van der Waals surface area contributed by atoms with Crippen LogP contribution in [0.25, 0.3) is 6.08 Å². The van der Waals surface area contributed by atoms with Gasteiger partial charge in [-0.3, -0.25) is 0 Å². The summed E-state index contributed by atoms with van der Waals surface area (Å²) < 4.78 is 7.48. The van der Waals surface area contributed by atoms with Crippen LogP contribution in [0.3, 0.4) is 0 Å². The Balaban J connectivity index is 2.10. The van der Waals surface area contributed by atoms with Gasteiger partial charge in [0.1, 0.15) is 11.5 Å². The van der Waals surface area contributed by atoms with E-state index in [0.717, 1.165) is 11.5 Å². The van der Waals surface area contributed by atoms with E-state index in [4.69, 9.17) is 4.42 Å². The lowest BCUT2D eigenvalue weighted by Gasteiger charge is -1.96. The molecule has 0 saturated heterocycles. The summed E-state index contributed by atoms with van der Waals surface area (Å²) >= 11 is 0. The van der Waals surface area contributed by atoms with E-state index in [9.17, 15) is 0 Å². The first-order valence-corrected chi connectivity index (χ1v) is 4.39. The molecule has 2 aromatic heterocycles. The molecular formula is C11H11N2O. The zero-order chi connectivity index (χ0) is 9.80. The summed E-state index contributed by atoms with van der Waals surface area (Å²) in [6.07, 6.45) is 8.95. The maximum atomic E-state index is 5.52. The van der Waals surface area contributed by atoms with Gasteiger partial charge in [-0.25, -0.2) is 4.98 Å². The van der Waals surface area contributed by atoms with Crippen LogP contribution >= 0.6 is 0 Å². The van der Waals surface area contributed by atoms with Crippen molar-refractivity contribution in [1.82, 2.24) is 9.55 Å². The van der Waals surface area contributed by atoms with E-state index < -0.39 is 0 Å². The first-order valence-electron chi connectivity index (χ1n) is 4.39. The molecule has 0 amide bonds. The van der Waals surface area contributed by atoms with Crippen LogP contribution in [0.15, 0.2) is 41.3 Å². The second kappa shape index (κ2) is 3.96. The smallest absolute Gasteiger partial charge is 0.126 e. The maximum absolute atomic E-state index is 5.52. The molecule has 0 N–H and O–H groups in total. The van der Waals surface area contributed by atoms with E-state index in [2.05, 4.69) is 11.9 Å². The van der Waals surface area contributed by atoms with Crippen LogP contribution in [0.5, 0.6) is 0 Å². The first kappa shape index (κ1) is 8.81. The molecule has 0 aliphatic carbocycles. The second-order valence-electron chi connectivity index (χ2n) is 2.94. The third-order valence-corrected chi connectivity index (χ3v) is 1.86. The van der Waals surface area contributed by atoms with Gasteiger partial charge in [-0.2, -0.15) is 0 Å². The number of furan rings is 1. The normalized spacial score (nSPS) is 11.2. The summed E-state index contributed by atoms with van der Waals surface area (Å²) in [6, 6.07) is 3.88. The quantitative estimate of drug-likeness (QED) is 0.738. The third kappa shape index (κ3) is 1.93. The summed E-state index contributed by atoms with van der Waals surface area (Å²) in [6.45, 7) is 4.32. The predicted molar refractivity (Wildman–Crippen MR) is 54.4 cm³/mol. The Labute approximate surface area is 82.7 Å². The van der Waals surface area contributed by atoms with E-state index >= 15 is 0 Å². The molecule has 0 bridgehead atoms. The Kier molecular flexibility index (Phi) is 2.49. The van der Waals surface area contributed by atoms with Gasteiger partial charge >= 0.3 is 0 Å². The minimum atomic E-state index is 0.713. The second-order valence-corrected chi connectivity index (χ2v) is 2.94. The topological polar surface area (TPSA) is 31.0 Å². The highest BCUT2D eigenvalue weighted by molar-refractivity contribution is 5.43. The Bertz CT molecular complexity index is 412. The van der Waals surface area contributed by atoms with Gasteiger partial charge in [0, 0.05) is 12.4 Å². The highest BCUT2D eigenvalue weighted by Gasteiger charge is 1.99. The Hall–Kier alpha value is -1.77. The van der Waals surface area contributed by atoms with E-state index in [1.165, 1.54) is 0 Å². The van der Waals surface area contributed by atoms with Gasteiger partial charge in [0.15, 0.2) is 0 Å². The lowest BCUT2D eigenvalue weighted by atomic mass is 10.4. The number of aromatic nitrogens is 2. The average molecular weight is 187 g/mol. The van der Waals surface area contributed by atoms with Crippen LogP contribution in [-0.4, -0.2) is 9.55 Å². The fourth-order valence-electron chi connectivity index (χ4n) is 1.25. The van der Waals surface area contributed by atoms with Gasteiger partial charge in [0.05, 0.1) is 12.9 Å². The highest BCUT2D eigenvalue weighted by atomic mass is 16.3. The molecular weight excluding hydrogens is 176 g/mol. The van der Waals surface area contributed by atoms with Crippen molar-refractivity contribution in [3.63, 3.8) is 0 Å². The molecule has 0 aromatic carbocycles. The van der Waals surface area contributed by atoms with Crippen LogP contribution in [0.2, 0.25) is 0 Å². The number of imidazole rings is 1. The minimum Gasteiger partial charge on any atom is -0.460 e. The zero-order valence-corrected chi connectivity index (χ0v) is 7.76. The van der Waals surface area contributed by atoms with Gasteiger partial charge in [0.25, 0.3) is 0 Å². The largest absolute Gasteiger partial charge is 0.460 e. The van der Waals surface area contributed by atoms with Crippen molar-refractivity contribution in [3.05, 3.63) is 55.4 Å². The molecule has 2 rings (SSSR count). The molecule has 71 valence electrons. The van der Waals surface area contributed by atoms with Crippen LogP contribution in [-0.2, 0) is 6.54 Å². The Morgan fingerprint density at radius 1 is 1.50 bits per heavy atom. The van der Waals surface area contributed by atoms with Crippen molar-refractivity contribution in [1.29, 1.82) is 0 Å². The van der Waals surface area contributed by atoms with Crippen molar-refractivity contribution >= 4 is 6.08 Å². The van der Waals surface area contributed by atoms with E-state index in [-0.39, 0.29) is 0 Å². The molecule has 0 atom stereocenters. The van der Waals surface area contributed by atoms with Crippen molar-refractivity contribution in [3.8, 4) is 0 Å². The number of allylic oxidation sites excluding steroid dienone is 1. The van der Waals surface area contributed by atoms with Gasteiger partial charge in [-0.05, 0) is 25.1 Å². The van der Waals surface area contributed by atoms with Crippen LogP contribution in [0, 0.1) is 6.92 Å². The lowest BCUT2D eigenvalue weighted by molar-refractivity contribution is 0.486. The van der Waals surface area contributed by atoms with E-state index in [0.29, 0.717) is 6.54 Å². The van der Waals surface area contributed by atoms with Gasteiger partial charge in [-0.15, -0.1) is 0 Å². The number of rotatable bonds is 3. The Morgan fingerprint density at radius 2 is 2.43 bits per heavy atom. The zero-order valence-electron chi connectivity index (χ0n) is 7.76. The average Bonchev–Trinajstić information content (AvgIpc) is 2.79. The summed E-state index contributed by atoms with van der Waals surface area (Å²) in [5.41, 5.74) is 0. The molecule has 1 radical (unpaired) electrons. The van der Waals surface area contributed by atoms with E-state index in [1.807, 2.05) is 29.0 Å². The number of nitrogens with zero attached hydrogens (tertiary/aromatic N) is 2. The fraction of sp³-hybridized carbons (Fsp3) is 0.0909. The molecule has 0 saturated carbocycles.